The van der Waals surface area contributed by atoms with E-state index >= 15 is 0 Å². The second-order valence-electron chi connectivity index (χ2n) is 7.41. The van der Waals surface area contributed by atoms with Crippen LogP contribution in [-0.4, -0.2) is 39.5 Å². The van der Waals surface area contributed by atoms with Gasteiger partial charge in [0.2, 0.25) is 0 Å². The molecule has 0 atom stereocenters. The summed E-state index contributed by atoms with van der Waals surface area (Å²) in [5.41, 5.74) is -0.111. The van der Waals surface area contributed by atoms with Crippen molar-refractivity contribution in [3.63, 3.8) is 0 Å². The van der Waals surface area contributed by atoms with Gasteiger partial charge in [-0.05, 0) is 48.0 Å². The maximum Gasteiger partial charge on any atom is 0.416 e. The number of alkyl halides is 3. The van der Waals surface area contributed by atoms with Crippen LogP contribution in [0.1, 0.15) is 21.5 Å². The lowest BCUT2D eigenvalue weighted by molar-refractivity contribution is -0.137. The van der Waals surface area contributed by atoms with Crippen LogP contribution in [0.25, 0.3) is 0 Å². The molecule has 35 heavy (non-hydrogen) atoms. The van der Waals surface area contributed by atoms with E-state index in [0.717, 1.165) is 18.2 Å². The van der Waals surface area contributed by atoms with Gasteiger partial charge in [0.1, 0.15) is 10.6 Å². The van der Waals surface area contributed by atoms with E-state index in [2.05, 4.69) is 0 Å². The van der Waals surface area contributed by atoms with Gasteiger partial charge in [-0.25, -0.2) is 0 Å². The second-order valence-corrected chi connectivity index (χ2v) is 9.36. The molecule has 0 radical (unpaired) electrons. The van der Waals surface area contributed by atoms with E-state index < -0.39 is 26.8 Å². The average molecular weight is 528 g/mol. The number of nitrogens with zero attached hydrogens (tertiary/aromatic N) is 1. The van der Waals surface area contributed by atoms with Crippen LogP contribution in [0.5, 0.6) is 5.75 Å². The zero-order chi connectivity index (χ0) is 25.6. The molecular formula is C24H21ClF3NO5S. The lowest BCUT2D eigenvalue weighted by Crippen LogP contribution is -2.33. The Kier molecular flexibility index (Phi) is 8.42. The zero-order valence-corrected chi connectivity index (χ0v) is 20.0. The number of hydrogen-bond acceptors (Lipinski definition) is 5. The van der Waals surface area contributed by atoms with E-state index in [9.17, 15) is 26.4 Å². The average Bonchev–Trinajstić information content (AvgIpc) is 2.82. The highest BCUT2D eigenvalue weighted by molar-refractivity contribution is 7.87. The minimum atomic E-state index is -4.69. The van der Waals surface area contributed by atoms with Crippen molar-refractivity contribution in [2.45, 2.75) is 17.6 Å². The first-order chi connectivity index (χ1) is 16.5. The minimum absolute atomic E-state index is 0.0907. The molecule has 0 aliphatic heterocycles. The van der Waals surface area contributed by atoms with Gasteiger partial charge in [0.05, 0.1) is 22.8 Å². The first-order valence-corrected chi connectivity index (χ1v) is 12.0. The van der Waals surface area contributed by atoms with Crippen LogP contribution in [-0.2, 0) is 27.6 Å². The van der Waals surface area contributed by atoms with E-state index in [1.54, 1.807) is 36.4 Å². The summed E-state index contributed by atoms with van der Waals surface area (Å²) in [6.07, 6.45) is -4.69. The highest BCUT2D eigenvalue weighted by atomic mass is 35.5. The van der Waals surface area contributed by atoms with Crippen molar-refractivity contribution >= 4 is 27.6 Å². The van der Waals surface area contributed by atoms with Gasteiger partial charge in [-0.3, -0.25) is 4.79 Å². The molecule has 0 bridgehead atoms. The molecule has 186 valence electrons. The van der Waals surface area contributed by atoms with Crippen molar-refractivity contribution in [3.8, 4) is 5.75 Å². The van der Waals surface area contributed by atoms with Crippen LogP contribution in [0.2, 0.25) is 5.02 Å². The van der Waals surface area contributed by atoms with Gasteiger partial charge in [-0.2, -0.15) is 21.6 Å². The molecule has 0 aliphatic carbocycles. The van der Waals surface area contributed by atoms with Crippen molar-refractivity contribution in [2.75, 3.05) is 20.3 Å². The Hall–Kier alpha value is -3.08. The first kappa shape index (κ1) is 26.5. The van der Waals surface area contributed by atoms with Crippen LogP contribution >= 0.6 is 11.6 Å². The number of carbonyl (C=O) groups excluding carboxylic acids is 1. The molecule has 3 aromatic rings. The van der Waals surface area contributed by atoms with Gasteiger partial charge >= 0.3 is 16.3 Å². The van der Waals surface area contributed by atoms with E-state index in [-0.39, 0.29) is 31.4 Å². The molecule has 0 saturated carbocycles. The van der Waals surface area contributed by atoms with Gasteiger partial charge < -0.3 is 13.8 Å². The predicted octanol–water partition coefficient (Wildman–Crippen LogP) is 5.42. The summed E-state index contributed by atoms with van der Waals surface area (Å²) in [5, 5.41) is 0.309. The summed E-state index contributed by atoms with van der Waals surface area (Å²) in [6.45, 7) is 0.740. The summed E-state index contributed by atoms with van der Waals surface area (Å²) in [5.74, 6) is -0.396. The molecule has 6 nitrogen and oxygen atoms in total. The molecule has 3 aromatic carbocycles. The fourth-order valence-electron chi connectivity index (χ4n) is 3.13. The number of halogens is 4. The van der Waals surface area contributed by atoms with Gasteiger partial charge in [-0.1, -0.05) is 41.9 Å². The summed E-state index contributed by atoms with van der Waals surface area (Å²) in [7, 11) is -2.98. The lowest BCUT2D eigenvalue weighted by atomic mass is 10.1. The molecule has 3 rings (SSSR count). The molecular weight excluding hydrogens is 507 g/mol. The van der Waals surface area contributed by atoms with E-state index in [0.29, 0.717) is 22.2 Å². The number of hydrogen-bond donors (Lipinski definition) is 0. The normalized spacial score (nSPS) is 11.8. The summed E-state index contributed by atoms with van der Waals surface area (Å²) >= 11 is 6.15. The third-order valence-corrected chi connectivity index (χ3v) is 6.48. The molecule has 0 unspecified atom stereocenters. The third-order valence-electron chi connectivity index (χ3n) is 4.91. The van der Waals surface area contributed by atoms with Crippen LogP contribution in [0, 0.1) is 0 Å². The van der Waals surface area contributed by atoms with Crippen molar-refractivity contribution in [3.05, 3.63) is 94.5 Å². The molecule has 0 saturated heterocycles. The Bertz CT molecular complexity index is 1280. The number of amides is 1. The van der Waals surface area contributed by atoms with Crippen molar-refractivity contribution in [2.24, 2.45) is 0 Å². The largest absolute Gasteiger partial charge is 0.416 e. The van der Waals surface area contributed by atoms with E-state index in [4.69, 9.17) is 20.5 Å². The number of benzene rings is 3. The third kappa shape index (κ3) is 6.97. The second kappa shape index (κ2) is 11.1. The monoisotopic (exact) mass is 527 g/mol. The van der Waals surface area contributed by atoms with Crippen molar-refractivity contribution in [1.82, 2.24) is 4.90 Å². The van der Waals surface area contributed by atoms with Crippen LogP contribution in [0.4, 0.5) is 13.2 Å². The fourth-order valence-corrected chi connectivity index (χ4v) is 4.33. The summed E-state index contributed by atoms with van der Waals surface area (Å²) in [4.78, 5) is 13.9. The van der Waals surface area contributed by atoms with Gasteiger partial charge in [0, 0.05) is 20.2 Å². The van der Waals surface area contributed by atoms with Crippen molar-refractivity contribution < 1.29 is 35.3 Å². The quantitative estimate of drug-likeness (QED) is 0.348. The van der Waals surface area contributed by atoms with Gasteiger partial charge in [0.25, 0.3) is 5.91 Å². The molecule has 0 spiro atoms. The predicted molar refractivity (Wildman–Crippen MR) is 124 cm³/mol. The highest BCUT2D eigenvalue weighted by Gasteiger charge is 2.32. The SMILES string of the molecule is COCCN(Cc1ccc(OS(=O)(=O)c2cccc(C(F)(F)F)c2)cc1)C(=O)c1ccccc1Cl. The molecule has 0 N–H and O–H groups in total. The Morgan fingerprint density at radius 2 is 1.69 bits per heavy atom. The van der Waals surface area contributed by atoms with E-state index in [1.807, 2.05) is 0 Å². The van der Waals surface area contributed by atoms with Crippen LogP contribution < -0.4 is 4.18 Å². The lowest BCUT2D eigenvalue weighted by Gasteiger charge is -2.23. The maximum atomic E-state index is 13.0. The Balaban J connectivity index is 1.76. The Labute approximate surface area is 206 Å². The van der Waals surface area contributed by atoms with Gasteiger partial charge in [-0.15, -0.1) is 0 Å². The smallest absolute Gasteiger partial charge is 0.383 e. The van der Waals surface area contributed by atoms with Crippen LogP contribution in [0.15, 0.2) is 77.7 Å². The zero-order valence-electron chi connectivity index (χ0n) is 18.5. The summed E-state index contributed by atoms with van der Waals surface area (Å²) < 4.78 is 73.8. The molecule has 0 heterocycles. The molecule has 1 amide bonds. The number of ether oxygens (including phenoxy) is 1. The molecule has 0 aliphatic rings. The number of carbonyl (C=O) groups is 1. The van der Waals surface area contributed by atoms with Gasteiger partial charge in [0.15, 0.2) is 0 Å². The Morgan fingerprint density at radius 1 is 1.00 bits per heavy atom. The molecule has 11 heteroatoms. The number of methoxy groups -OCH3 is 1. The minimum Gasteiger partial charge on any atom is -0.383 e. The fraction of sp³-hybridized carbons (Fsp3) is 0.208. The van der Waals surface area contributed by atoms with Crippen LogP contribution in [0.3, 0.4) is 0 Å². The number of rotatable bonds is 9. The Morgan fingerprint density at radius 3 is 2.31 bits per heavy atom. The highest BCUT2D eigenvalue weighted by Crippen LogP contribution is 2.31. The standard InChI is InChI=1S/C24H21ClF3NO5S/c1-33-14-13-29(23(30)21-7-2-3-8-22(21)25)16-17-9-11-19(12-10-17)34-35(31,32)20-6-4-5-18(15-20)24(26,27)28/h2-12,15H,13-14,16H2,1H3. The molecule has 0 aromatic heterocycles. The molecule has 0 fully saturated rings. The summed E-state index contributed by atoms with van der Waals surface area (Å²) in [6, 6.07) is 15.7. The first-order valence-electron chi connectivity index (χ1n) is 10.2. The maximum absolute atomic E-state index is 13.0. The van der Waals surface area contributed by atoms with Crippen molar-refractivity contribution in [1.29, 1.82) is 0 Å². The topological polar surface area (TPSA) is 72.9 Å². The van der Waals surface area contributed by atoms with E-state index in [1.165, 1.54) is 24.1 Å².